The number of hydrogen-bond donors (Lipinski definition) is 2. The van der Waals surface area contributed by atoms with Gasteiger partial charge in [-0.15, -0.1) is 0 Å². The predicted molar refractivity (Wildman–Crippen MR) is 52.9 cm³/mol. The van der Waals surface area contributed by atoms with E-state index in [2.05, 4.69) is 5.32 Å². The van der Waals surface area contributed by atoms with Crippen molar-refractivity contribution in [1.82, 2.24) is 5.32 Å². The summed E-state index contributed by atoms with van der Waals surface area (Å²) >= 11 is 0. The third-order valence-electron chi connectivity index (χ3n) is 2.91. The van der Waals surface area contributed by atoms with Gasteiger partial charge in [-0.05, 0) is 32.1 Å². The molecule has 0 bridgehead atoms. The molecule has 2 aliphatic carbocycles. The monoisotopic (exact) mass is 198 g/mol. The number of alkyl carbamates (subject to hydrolysis) is 1. The van der Waals surface area contributed by atoms with Gasteiger partial charge in [0, 0.05) is 12.1 Å². The van der Waals surface area contributed by atoms with Gasteiger partial charge in [-0.2, -0.15) is 0 Å². The Balaban J connectivity index is 1.73. The van der Waals surface area contributed by atoms with Crippen LogP contribution in [0.3, 0.4) is 0 Å². The number of nitrogens with one attached hydrogen (secondary N) is 1. The average Bonchev–Trinajstić information content (AvgIpc) is 2.93. The van der Waals surface area contributed by atoms with Crippen molar-refractivity contribution in [1.29, 1.82) is 0 Å². The topological polar surface area (TPSA) is 64.3 Å². The summed E-state index contributed by atoms with van der Waals surface area (Å²) in [6.07, 6.45) is 6.00. The molecule has 2 atom stereocenters. The van der Waals surface area contributed by atoms with E-state index in [1.165, 1.54) is 0 Å². The molecule has 0 aromatic heterocycles. The minimum Gasteiger partial charge on any atom is -0.445 e. The average molecular weight is 198 g/mol. The molecule has 0 radical (unpaired) electrons. The Kier molecular flexibility index (Phi) is 2.91. The molecule has 4 heteroatoms. The number of carbonyl (C=O) groups excluding carboxylic acids is 1. The Labute approximate surface area is 84.2 Å². The van der Waals surface area contributed by atoms with Crippen molar-refractivity contribution in [2.45, 2.75) is 56.7 Å². The Hall–Kier alpha value is -0.770. The largest absolute Gasteiger partial charge is 0.445 e. The third-order valence-corrected chi connectivity index (χ3v) is 2.91. The van der Waals surface area contributed by atoms with Crippen LogP contribution in [0.2, 0.25) is 0 Å². The van der Waals surface area contributed by atoms with Gasteiger partial charge in [0.25, 0.3) is 0 Å². The summed E-state index contributed by atoms with van der Waals surface area (Å²) in [7, 11) is 0. The molecule has 80 valence electrons. The quantitative estimate of drug-likeness (QED) is 0.699. The van der Waals surface area contributed by atoms with Crippen molar-refractivity contribution in [2.24, 2.45) is 5.73 Å². The lowest BCUT2D eigenvalue weighted by molar-refractivity contribution is 0.0624. The van der Waals surface area contributed by atoms with Gasteiger partial charge in [0.2, 0.25) is 0 Å². The molecule has 0 aliphatic heterocycles. The molecular formula is C10H18N2O2. The van der Waals surface area contributed by atoms with Crippen LogP contribution in [-0.2, 0) is 4.74 Å². The first-order valence-corrected chi connectivity index (χ1v) is 5.48. The second kappa shape index (κ2) is 4.17. The highest BCUT2D eigenvalue weighted by molar-refractivity contribution is 5.68. The van der Waals surface area contributed by atoms with Crippen molar-refractivity contribution >= 4 is 6.09 Å². The fourth-order valence-electron chi connectivity index (χ4n) is 1.84. The van der Waals surface area contributed by atoms with E-state index in [4.69, 9.17) is 10.5 Å². The molecule has 0 spiro atoms. The second-order valence-electron chi connectivity index (χ2n) is 4.31. The number of nitrogens with two attached hydrogens (primary N) is 1. The zero-order valence-electron chi connectivity index (χ0n) is 8.37. The number of amides is 1. The Morgan fingerprint density at radius 3 is 2.57 bits per heavy atom. The molecule has 2 saturated carbocycles. The van der Waals surface area contributed by atoms with E-state index in [1.54, 1.807) is 0 Å². The van der Waals surface area contributed by atoms with Gasteiger partial charge in [-0.3, -0.25) is 0 Å². The molecule has 1 amide bonds. The number of rotatable bonds is 2. The molecule has 0 heterocycles. The number of ether oxygens (including phenoxy) is 1. The molecule has 2 aliphatic rings. The van der Waals surface area contributed by atoms with Crippen LogP contribution in [-0.4, -0.2) is 24.3 Å². The molecule has 2 fully saturated rings. The maximum Gasteiger partial charge on any atom is 0.407 e. The zero-order valence-corrected chi connectivity index (χ0v) is 8.37. The summed E-state index contributed by atoms with van der Waals surface area (Å²) in [6, 6.07) is 0.399. The normalized spacial score (nSPS) is 32.4. The van der Waals surface area contributed by atoms with Crippen molar-refractivity contribution in [3.8, 4) is 0 Å². The molecule has 2 unspecified atom stereocenters. The van der Waals surface area contributed by atoms with Crippen LogP contribution in [0.25, 0.3) is 0 Å². The van der Waals surface area contributed by atoms with E-state index >= 15 is 0 Å². The molecule has 4 nitrogen and oxygen atoms in total. The zero-order chi connectivity index (χ0) is 9.97. The van der Waals surface area contributed by atoms with Gasteiger partial charge < -0.3 is 15.8 Å². The summed E-state index contributed by atoms with van der Waals surface area (Å²) in [4.78, 5) is 11.3. The van der Waals surface area contributed by atoms with Crippen LogP contribution in [0.4, 0.5) is 4.79 Å². The first-order valence-electron chi connectivity index (χ1n) is 5.48. The van der Waals surface area contributed by atoms with Crippen LogP contribution >= 0.6 is 0 Å². The molecular weight excluding hydrogens is 180 g/mol. The highest BCUT2D eigenvalue weighted by Gasteiger charge is 2.28. The molecule has 0 aromatic rings. The highest BCUT2D eigenvalue weighted by atomic mass is 16.6. The molecule has 2 rings (SSSR count). The van der Waals surface area contributed by atoms with Crippen LogP contribution in [0, 0.1) is 0 Å². The molecule has 3 N–H and O–H groups in total. The van der Waals surface area contributed by atoms with Crippen LogP contribution in [0.5, 0.6) is 0 Å². The smallest absolute Gasteiger partial charge is 0.407 e. The molecule has 14 heavy (non-hydrogen) atoms. The standard InChI is InChI=1S/C10H18N2O2/c11-8-3-1-2-4-9(8)14-10(13)12-7-5-6-7/h7-9H,1-6,11H2,(H,12,13). The summed E-state index contributed by atoms with van der Waals surface area (Å²) in [6.45, 7) is 0. The summed E-state index contributed by atoms with van der Waals surface area (Å²) < 4.78 is 5.28. The minimum atomic E-state index is -0.283. The maximum atomic E-state index is 11.3. The first-order chi connectivity index (χ1) is 6.75. The van der Waals surface area contributed by atoms with E-state index in [0.29, 0.717) is 6.04 Å². The lowest BCUT2D eigenvalue weighted by Gasteiger charge is -2.28. The van der Waals surface area contributed by atoms with E-state index in [9.17, 15) is 4.79 Å². The van der Waals surface area contributed by atoms with Crippen molar-refractivity contribution in [2.75, 3.05) is 0 Å². The fourth-order valence-corrected chi connectivity index (χ4v) is 1.84. The second-order valence-corrected chi connectivity index (χ2v) is 4.31. The Bertz CT molecular complexity index is 216. The van der Waals surface area contributed by atoms with Crippen LogP contribution in [0.1, 0.15) is 38.5 Å². The van der Waals surface area contributed by atoms with Gasteiger partial charge in [-0.1, -0.05) is 6.42 Å². The summed E-state index contributed by atoms with van der Waals surface area (Å²) in [5, 5.41) is 2.80. The van der Waals surface area contributed by atoms with E-state index in [1.807, 2.05) is 0 Å². The third kappa shape index (κ3) is 2.61. The van der Waals surface area contributed by atoms with Crippen molar-refractivity contribution in [3.63, 3.8) is 0 Å². The van der Waals surface area contributed by atoms with Gasteiger partial charge >= 0.3 is 6.09 Å². The van der Waals surface area contributed by atoms with E-state index in [0.717, 1.165) is 38.5 Å². The fraction of sp³-hybridized carbons (Fsp3) is 0.900. The van der Waals surface area contributed by atoms with Gasteiger partial charge in [0.05, 0.1) is 0 Å². The maximum absolute atomic E-state index is 11.3. The van der Waals surface area contributed by atoms with Crippen LogP contribution in [0.15, 0.2) is 0 Å². The van der Waals surface area contributed by atoms with Gasteiger partial charge in [0.1, 0.15) is 6.10 Å². The van der Waals surface area contributed by atoms with Crippen molar-refractivity contribution in [3.05, 3.63) is 0 Å². The lowest BCUT2D eigenvalue weighted by Crippen LogP contribution is -2.43. The molecule has 0 saturated heterocycles. The minimum absolute atomic E-state index is 0.0358. The highest BCUT2D eigenvalue weighted by Crippen LogP contribution is 2.21. The van der Waals surface area contributed by atoms with Crippen molar-refractivity contribution < 1.29 is 9.53 Å². The van der Waals surface area contributed by atoms with E-state index < -0.39 is 0 Å². The Morgan fingerprint density at radius 1 is 1.21 bits per heavy atom. The van der Waals surface area contributed by atoms with Crippen LogP contribution < -0.4 is 11.1 Å². The molecule has 0 aromatic carbocycles. The first kappa shape index (κ1) is 9.77. The lowest BCUT2D eigenvalue weighted by atomic mass is 9.93. The summed E-state index contributed by atoms with van der Waals surface area (Å²) in [5.74, 6) is 0. The van der Waals surface area contributed by atoms with Gasteiger partial charge in [-0.25, -0.2) is 4.79 Å². The Morgan fingerprint density at radius 2 is 1.93 bits per heavy atom. The van der Waals surface area contributed by atoms with E-state index in [-0.39, 0.29) is 18.2 Å². The number of hydrogen-bond acceptors (Lipinski definition) is 3. The SMILES string of the molecule is NC1CCCCC1OC(=O)NC1CC1. The predicted octanol–water partition coefficient (Wildman–Crippen LogP) is 1.14. The van der Waals surface area contributed by atoms with Gasteiger partial charge in [0.15, 0.2) is 0 Å². The summed E-state index contributed by atoms with van der Waals surface area (Å²) in [5.41, 5.74) is 5.87. The number of carbonyl (C=O) groups is 1.